The van der Waals surface area contributed by atoms with Crippen LogP contribution in [0.15, 0.2) is 84.9 Å². The molecule has 0 spiro atoms. The van der Waals surface area contributed by atoms with Gasteiger partial charge in [-0.05, 0) is 39.7 Å². The van der Waals surface area contributed by atoms with Crippen LogP contribution in [-0.2, 0) is 42.3 Å². The van der Waals surface area contributed by atoms with Gasteiger partial charge >= 0.3 is 0 Å². The maximum absolute atomic E-state index is 6.85. The summed E-state index contributed by atoms with van der Waals surface area (Å²) in [5.74, 6) is 0.773. The molecule has 52 heavy (non-hydrogen) atoms. The van der Waals surface area contributed by atoms with E-state index in [0.29, 0.717) is 125 Å². The van der Waals surface area contributed by atoms with Gasteiger partial charge in [0.1, 0.15) is 12.4 Å². The van der Waals surface area contributed by atoms with Crippen LogP contribution < -0.4 is 20.8 Å². The molecule has 0 unspecified atom stereocenters. The third-order valence-corrected chi connectivity index (χ3v) is 13.0. The largest absolute Gasteiger partial charge is 0.491 e. The van der Waals surface area contributed by atoms with Crippen LogP contribution in [0, 0.1) is 0 Å². The van der Waals surface area contributed by atoms with E-state index in [1.54, 1.807) is 12.1 Å². The third kappa shape index (κ3) is 17.3. The maximum Gasteiger partial charge on any atom is 0.261 e. The van der Waals surface area contributed by atoms with Gasteiger partial charge in [-0.1, -0.05) is 81.4 Å². The highest BCUT2D eigenvalue weighted by atomic mass is 28.4. The fraction of sp³-hybridized carbons (Fsp3) is 0.550. The van der Waals surface area contributed by atoms with Gasteiger partial charge in [-0.3, -0.25) is 0 Å². The van der Waals surface area contributed by atoms with E-state index in [9.17, 15) is 0 Å². The molecule has 0 aliphatic carbocycles. The molecule has 3 aromatic rings. The molecular weight excluding hydrogens is 683 g/mol. The first kappa shape index (κ1) is 43.5. The van der Waals surface area contributed by atoms with Crippen LogP contribution in [0.25, 0.3) is 0 Å². The quantitative estimate of drug-likeness (QED) is 0.0576. The lowest BCUT2D eigenvalue weighted by Crippen LogP contribution is -2.66. The standard InChI is InChI=1S/C40H61NO10Si/c1-40(2,3)52(38-10-6-4-7-11-38,39-12-8-5-9-13-39)51-35-33-49-31-29-47-27-25-45-23-21-43-19-18-42-20-22-44-24-26-46-28-30-48-32-34-50-37-16-14-36(41)15-17-37/h4-17H,18-35,41H2,1-3H3. The van der Waals surface area contributed by atoms with Gasteiger partial charge in [-0.15, -0.1) is 0 Å². The van der Waals surface area contributed by atoms with Crippen LogP contribution in [0.5, 0.6) is 5.75 Å². The van der Waals surface area contributed by atoms with E-state index in [1.165, 1.54) is 10.4 Å². The average molecular weight is 744 g/mol. The second-order valence-electron chi connectivity index (χ2n) is 12.8. The highest BCUT2D eigenvalue weighted by Crippen LogP contribution is 2.36. The minimum absolute atomic E-state index is 0.0562. The van der Waals surface area contributed by atoms with Crippen molar-refractivity contribution in [2.45, 2.75) is 25.8 Å². The molecule has 3 rings (SSSR count). The van der Waals surface area contributed by atoms with E-state index < -0.39 is 8.32 Å². The van der Waals surface area contributed by atoms with Crippen molar-refractivity contribution in [1.82, 2.24) is 0 Å². The van der Waals surface area contributed by atoms with Gasteiger partial charge in [-0.2, -0.15) is 0 Å². The number of hydrogen-bond donors (Lipinski definition) is 1. The SMILES string of the molecule is CC(C)(C)[Si](OCCOCCOCCOCCOCCOCCOCCOCCOCCOc1ccc(N)cc1)(c1ccccc1)c1ccccc1. The van der Waals surface area contributed by atoms with Gasteiger partial charge in [0.2, 0.25) is 0 Å². The lowest BCUT2D eigenvalue weighted by Gasteiger charge is -2.43. The van der Waals surface area contributed by atoms with Crippen molar-refractivity contribution >= 4 is 24.4 Å². The number of benzene rings is 3. The Bertz CT molecular complexity index is 1230. The molecule has 0 saturated carbocycles. The second kappa shape index (κ2) is 26.8. The summed E-state index contributed by atoms with van der Waals surface area (Å²) in [5.41, 5.74) is 6.37. The molecule has 0 heterocycles. The Hall–Kier alpha value is -2.88. The molecule has 0 aromatic heterocycles. The van der Waals surface area contributed by atoms with E-state index in [1.807, 2.05) is 12.1 Å². The van der Waals surface area contributed by atoms with Gasteiger partial charge in [0.15, 0.2) is 0 Å². The Morgan fingerprint density at radius 3 is 1.04 bits per heavy atom. The van der Waals surface area contributed by atoms with Crippen LogP contribution in [0.3, 0.4) is 0 Å². The predicted octanol–water partition coefficient (Wildman–Crippen LogP) is 4.36. The molecule has 0 aliphatic rings. The Kier molecular flexibility index (Phi) is 22.4. The molecule has 0 radical (unpaired) electrons. The molecule has 11 nitrogen and oxygen atoms in total. The topological polar surface area (TPSA) is 118 Å². The first-order chi connectivity index (χ1) is 25.4. The number of ether oxygens (including phenoxy) is 9. The Morgan fingerprint density at radius 2 is 0.712 bits per heavy atom. The van der Waals surface area contributed by atoms with Crippen molar-refractivity contribution in [2.75, 3.05) is 125 Å². The van der Waals surface area contributed by atoms with Crippen molar-refractivity contribution in [3.05, 3.63) is 84.9 Å². The van der Waals surface area contributed by atoms with Crippen molar-refractivity contribution in [1.29, 1.82) is 0 Å². The third-order valence-electron chi connectivity index (χ3n) is 7.94. The normalized spacial score (nSPS) is 12.0. The minimum Gasteiger partial charge on any atom is -0.491 e. The second-order valence-corrected chi connectivity index (χ2v) is 17.1. The van der Waals surface area contributed by atoms with E-state index in [2.05, 4.69) is 81.4 Å². The van der Waals surface area contributed by atoms with E-state index >= 15 is 0 Å². The zero-order valence-corrected chi connectivity index (χ0v) is 32.5. The molecule has 3 aromatic carbocycles. The molecule has 290 valence electrons. The smallest absolute Gasteiger partial charge is 0.261 e. The highest BCUT2D eigenvalue weighted by Gasteiger charge is 2.50. The molecule has 0 aliphatic heterocycles. The summed E-state index contributed by atoms with van der Waals surface area (Å²) >= 11 is 0. The summed E-state index contributed by atoms with van der Waals surface area (Å²) < 4.78 is 57.1. The van der Waals surface area contributed by atoms with Crippen molar-refractivity contribution in [3.63, 3.8) is 0 Å². The van der Waals surface area contributed by atoms with Crippen LogP contribution in [0.1, 0.15) is 20.8 Å². The summed E-state index contributed by atoms with van der Waals surface area (Å²) in [6.45, 7) is 15.9. The Labute approximate surface area is 312 Å². The van der Waals surface area contributed by atoms with E-state index in [4.69, 9.17) is 52.8 Å². The molecule has 0 bridgehead atoms. The molecule has 0 fully saturated rings. The van der Waals surface area contributed by atoms with Gasteiger partial charge in [0.25, 0.3) is 8.32 Å². The molecule has 0 saturated heterocycles. The van der Waals surface area contributed by atoms with E-state index in [0.717, 1.165) is 5.75 Å². The molecule has 0 amide bonds. The average Bonchev–Trinajstić information content (AvgIpc) is 3.15. The predicted molar refractivity (Wildman–Crippen MR) is 206 cm³/mol. The number of nitrogens with two attached hydrogens (primary N) is 1. The molecule has 12 heteroatoms. The lowest BCUT2D eigenvalue weighted by atomic mass is 10.2. The summed E-state index contributed by atoms with van der Waals surface area (Å²) in [7, 11) is -2.54. The maximum atomic E-state index is 6.85. The number of nitrogen functional groups attached to an aromatic ring is 1. The van der Waals surface area contributed by atoms with Crippen molar-refractivity contribution in [3.8, 4) is 5.75 Å². The fourth-order valence-electron chi connectivity index (χ4n) is 5.44. The monoisotopic (exact) mass is 743 g/mol. The van der Waals surface area contributed by atoms with Crippen LogP contribution >= 0.6 is 0 Å². The molecule has 0 atom stereocenters. The first-order valence-corrected chi connectivity index (χ1v) is 20.2. The lowest BCUT2D eigenvalue weighted by molar-refractivity contribution is -0.0241. The minimum atomic E-state index is -2.54. The summed E-state index contributed by atoms with van der Waals surface area (Å²) in [6, 6.07) is 28.6. The van der Waals surface area contributed by atoms with Crippen molar-refractivity contribution < 1.29 is 47.1 Å². The van der Waals surface area contributed by atoms with Gasteiger partial charge in [0.05, 0.1) is 112 Å². The Morgan fingerprint density at radius 1 is 0.404 bits per heavy atom. The van der Waals surface area contributed by atoms with E-state index in [-0.39, 0.29) is 5.04 Å². The zero-order chi connectivity index (χ0) is 37.0. The summed E-state index contributed by atoms with van der Waals surface area (Å²) in [6.07, 6.45) is 0. The number of anilines is 1. The number of hydrogen-bond acceptors (Lipinski definition) is 11. The summed E-state index contributed by atoms with van der Waals surface area (Å²) in [4.78, 5) is 0. The van der Waals surface area contributed by atoms with Crippen LogP contribution in [0.2, 0.25) is 5.04 Å². The fourth-order valence-corrected chi connectivity index (χ4v) is 9.98. The number of rotatable bonds is 31. The van der Waals surface area contributed by atoms with Gasteiger partial charge in [-0.25, -0.2) is 0 Å². The Balaban J connectivity index is 1.04. The molecular formula is C40H61NO10Si. The highest BCUT2D eigenvalue weighted by molar-refractivity contribution is 6.99. The van der Waals surface area contributed by atoms with Crippen LogP contribution in [0.4, 0.5) is 5.69 Å². The van der Waals surface area contributed by atoms with Crippen molar-refractivity contribution in [2.24, 2.45) is 0 Å². The summed E-state index contributed by atoms with van der Waals surface area (Å²) in [5, 5.41) is 2.48. The molecule has 2 N–H and O–H groups in total. The van der Waals surface area contributed by atoms with Crippen LogP contribution in [-0.4, -0.2) is 127 Å². The van der Waals surface area contributed by atoms with Gasteiger partial charge in [0, 0.05) is 5.69 Å². The first-order valence-electron chi connectivity index (χ1n) is 18.3. The van der Waals surface area contributed by atoms with Gasteiger partial charge < -0.3 is 52.8 Å². The zero-order valence-electron chi connectivity index (χ0n) is 31.5.